The van der Waals surface area contributed by atoms with E-state index < -0.39 is 0 Å². The van der Waals surface area contributed by atoms with Crippen molar-refractivity contribution >= 4 is 5.91 Å². The second kappa shape index (κ2) is 7.54. The number of fused-ring (bicyclic) bond motifs is 2. The Balaban J connectivity index is 1.28. The number of nitrogens with one attached hydrogen (secondary N) is 1. The Hall–Kier alpha value is -2.11. The normalized spacial score (nSPS) is 33.5. The lowest BCUT2D eigenvalue weighted by Crippen LogP contribution is -2.41. The molecule has 3 bridgehead atoms. The van der Waals surface area contributed by atoms with Crippen molar-refractivity contribution in [2.24, 2.45) is 23.7 Å². The molecule has 1 N–H and O–H groups in total. The van der Waals surface area contributed by atoms with Crippen LogP contribution in [0.4, 0.5) is 0 Å². The van der Waals surface area contributed by atoms with Crippen LogP contribution in [0.2, 0.25) is 0 Å². The highest BCUT2D eigenvalue weighted by Gasteiger charge is 2.46. The first kappa shape index (κ1) is 18.6. The molecule has 2 heterocycles. The predicted molar refractivity (Wildman–Crippen MR) is 114 cm³/mol. The molecular formula is C24H33N5O. The number of carbonyl (C=O) groups excluding carboxylic acids is 1. The number of amides is 1. The summed E-state index contributed by atoms with van der Waals surface area (Å²) in [4.78, 5) is 13.5. The first-order valence-electron chi connectivity index (χ1n) is 12.1. The molecule has 0 spiro atoms. The van der Waals surface area contributed by atoms with Crippen molar-refractivity contribution in [1.82, 2.24) is 24.9 Å². The molecule has 4 aliphatic rings. The van der Waals surface area contributed by atoms with E-state index in [1.165, 1.54) is 51.4 Å². The summed E-state index contributed by atoms with van der Waals surface area (Å²) in [6, 6.07) is 2.60. The standard InChI is InChI=1S/C24H33N5O/c30-23(27-22-8-7-16-11-17-13-18(12-16)20(22)14-17)21-15-26-29(19-5-2-1-3-6-19)24(21)28-10-4-9-25-28/h4,9-10,15-20,22H,1-3,5-8,11-14H2,(H,27,30)/t16?,17?,18?,20?,22-/m0/s1. The van der Waals surface area contributed by atoms with Gasteiger partial charge < -0.3 is 5.32 Å². The molecule has 30 heavy (non-hydrogen) atoms. The Morgan fingerprint density at radius 1 is 0.967 bits per heavy atom. The quantitative estimate of drug-likeness (QED) is 0.810. The summed E-state index contributed by atoms with van der Waals surface area (Å²) < 4.78 is 3.90. The number of rotatable bonds is 4. The van der Waals surface area contributed by atoms with Crippen LogP contribution >= 0.6 is 0 Å². The van der Waals surface area contributed by atoms with E-state index in [-0.39, 0.29) is 5.91 Å². The van der Waals surface area contributed by atoms with Gasteiger partial charge in [0.2, 0.25) is 0 Å². The van der Waals surface area contributed by atoms with Gasteiger partial charge >= 0.3 is 0 Å². The van der Waals surface area contributed by atoms with Gasteiger partial charge in [-0.15, -0.1) is 0 Å². The maximum atomic E-state index is 13.5. The Kier molecular flexibility index (Phi) is 4.69. The molecule has 4 fully saturated rings. The first-order chi connectivity index (χ1) is 14.8. The Bertz CT molecular complexity index is 897. The van der Waals surface area contributed by atoms with E-state index in [0.717, 1.165) is 42.8 Å². The van der Waals surface area contributed by atoms with E-state index >= 15 is 0 Å². The smallest absolute Gasteiger partial charge is 0.256 e. The lowest BCUT2D eigenvalue weighted by Gasteiger charge is -2.27. The van der Waals surface area contributed by atoms with Gasteiger partial charge in [-0.1, -0.05) is 19.3 Å². The van der Waals surface area contributed by atoms with Crippen LogP contribution in [0.1, 0.15) is 87.0 Å². The van der Waals surface area contributed by atoms with Crippen LogP contribution in [0.3, 0.4) is 0 Å². The summed E-state index contributed by atoms with van der Waals surface area (Å²) in [6.07, 6.45) is 19.5. The van der Waals surface area contributed by atoms with Crippen LogP contribution in [0.25, 0.3) is 5.82 Å². The summed E-state index contributed by atoms with van der Waals surface area (Å²) in [7, 11) is 0. The van der Waals surface area contributed by atoms with Crippen molar-refractivity contribution in [2.75, 3.05) is 0 Å². The van der Waals surface area contributed by atoms with Crippen molar-refractivity contribution in [3.8, 4) is 5.82 Å². The maximum absolute atomic E-state index is 13.5. The topological polar surface area (TPSA) is 64.7 Å². The fraction of sp³-hybridized carbons (Fsp3) is 0.708. The molecule has 2 aromatic rings. The van der Waals surface area contributed by atoms with E-state index in [4.69, 9.17) is 5.10 Å². The average molecular weight is 408 g/mol. The van der Waals surface area contributed by atoms with Crippen LogP contribution in [0.15, 0.2) is 24.7 Å². The molecule has 160 valence electrons. The largest absolute Gasteiger partial charge is 0.349 e. The molecule has 0 aliphatic heterocycles. The first-order valence-corrected chi connectivity index (χ1v) is 12.1. The third-order valence-electron chi connectivity index (χ3n) is 8.52. The van der Waals surface area contributed by atoms with Gasteiger partial charge in [0.1, 0.15) is 5.56 Å². The second-order valence-electron chi connectivity index (χ2n) is 10.3. The second-order valence-corrected chi connectivity index (χ2v) is 10.3. The number of nitrogens with zero attached hydrogens (tertiary/aromatic N) is 4. The van der Waals surface area contributed by atoms with Gasteiger partial charge in [-0.25, -0.2) is 9.36 Å². The monoisotopic (exact) mass is 407 g/mol. The highest BCUT2D eigenvalue weighted by atomic mass is 16.1. The van der Waals surface area contributed by atoms with Gasteiger partial charge in [0.15, 0.2) is 5.82 Å². The number of carbonyl (C=O) groups is 1. The lowest BCUT2D eigenvalue weighted by molar-refractivity contribution is 0.0912. The summed E-state index contributed by atoms with van der Waals surface area (Å²) in [6.45, 7) is 0. The number of hydrogen-bond donors (Lipinski definition) is 1. The van der Waals surface area contributed by atoms with E-state index in [1.54, 1.807) is 12.4 Å². The molecule has 5 atom stereocenters. The van der Waals surface area contributed by atoms with Gasteiger partial charge in [-0.3, -0.25) is 4.79 Å². The molecule has 1 amide bonds. The molecule has 4 saturated carbocycles. The lowest BCUT2D eigenvalue weighted by atomic mass is 9.80. The predicted octanol–water partition coefficient (Wildman–Crippen LogP) is 4.52. The van der Waals surface area contributed by atoms with E-state index in [0.29, 0.717) is 23.6 Å². The van der Waals surface area contributed by atoms with Gasteiger partial charge in [0.25, 0.3) is 5.91 Å². The van der Waals surface area contributed by atoms with Crippen molar-refractivity contribution in [3.05, 3.63) is 30.2 Å². The molecule has 6 rings (SSSR count). The summed E-state index contributed by atoms with van der Waals surface area (Å²) in [5.41, 5.74) is 0.674. The summed E-state index contributed by atoms with van der Waals surface area (Å²) in [5, 5.41) is 12.6. The molecule has 6 nitrogen and oxygen atoms in total. The third kappa shape index (κ3) is 3.19. The third-order valence-corrected chi connectivity index (χ3v) is 8.52. The number of hydrogen-bond acceptors (Lipinski definition) is 3. The zero-order chi connectivity index (χ0) is 20.1. The molecule has 0 saturated heterocycles. The van der Waals surface area contributed by atoms with Crippen LogP contribution in [-0.2, 0) is 0 Å². The van der Waals surface area contributed by atoms with Crippen molar-refractivity contribution < 1.29 is 4.79 Å². The minimum absolute atomic E-state index is 0.0359. The van der Waals surface area contributed by atoms with Gasteiger partial charge in [-0.05, 0) is 81.1 Å². The van der Waals surface area contributed by atoms with Gasteiger partial charge in [-0.2, -0.15) is 10.2 Å². The molecule has 0 radical (unpaired) electrons. The SMILES string of the molecule is O=C(N[C@H]1CCC2CC3CC(C2)C1C3)c1cnn(C2CCCCC2)c1-n1cccn1. The average Bonchev–Trinajstić information content (AvgIpc) is 3.48. The highest BCUT2D eigenvalue weighted by molar-refractivity contribution is 5.97. The van der Waals surface area contributed by atoms with Crippen LogP contribution in [-0.4, -0.2) is 31.5 Å². The van der Waals surface area contributed by atoms with Crippen LogP contribution in [0.5, 0.6) is 0 Å². The molecule has 6 heteroatoms. The summed E-state index contributed by atoms with van der Waals surface area (Å²) >= 11 is 0. The van der Waals surface area contributed by atoms with Crippen molar-refractivity contribution in [3.63, 3.8) is 0 Å². The minimum atomic E-state index is 0.0359. The van der Waals surface area contributed by atoms with Crippen LogP contribution < -0.4 is 5.32 Å². The van der Waals surface area contributed by atoms with E-state index in [1.807, 2.05) is 16.9 Å². The fourth-order valence-electron chi connectivity index (χ4n) is 7.25. The summed E-state index contributed by atoms with van der Waals surface area (Å²) in [5.74, 6) is 4.18. The Morgan fingerprint density at radius 2 is 1.83 bits per heavy atom. The zero-order valence-electron chi connectivity index (χ0n) is 17.7. The molecular weight excluding hydrogens is 374 g/mol. The maximum Gasteiger partial charge on any atom is 0.256 e. The minimum Gasteiger partial charge on any atom is -0.349 e. The van der Waals surface area contributed by atoms with Gasteiger partial charge in [0, 0.05) is 18.4 Å². The fourth-order valence-corrected chi connectivity index (χ4v) is 7.25. The molecule has 0 aromatic carbocycles. The van der Waals surface area contributed by atoms with Crippen molar-refractivity contribution in [1.29, 1.82) is 0 Å². The van der Waals surface area contributed by atoms with Crippen molar-refractivity contribution in [2.45, 2.75) is 82.7 Å². The van der Waals surface area contributed by atoms with E-state index in [9.17, 15) is 4.79 Å². The van der Waals surface area contributed by atoms with Gasteiger partial charge in [0.05, 0.1) is 12.2 Å². The Morgan fingerprint density at radius 3 is 2.67 bits per heavy atom. The molecule has 4 unspecified atom stereocenters. The molecule has 4 aliphatic carbocycles. The zero-order valence-corrected chi connectivity index (χ0v) is 17.7. The van der Waals surface area contributed by atoms with E-state index in [2.05, 4.69) is 15.1 Å². The molecule has 2 aromatic heterocycles. The van der Waals surface area contributed by atoms with Crippen LogP contribution in [0, 0.1) is 23.7 Å². The highest BCUT2D eigenvalue weighted by Crippen LogP contribution is 2.53. The Labute approximate surface area is 178 Å². The number of aromatic nitrogens is 4.